The molecular weight excluding hydrogens is 384 g/mol. The van der Waals surface area contributed by atoms with Gasteiger partial charge in [0.1, 0.15) is 0 Å². The van der Waals surface area contributed by atoms with Gasteiger partial charge in [-0.05, 0) is 62.5 Å². The molecule has 1 saturated heterocycles. The van der Waals surface area contributed by atoms with Crippen molar-refractivity contribution in [3.63, 3.8) is 0 Å². The smallest absolute Gasteiger partial charge is 0.282 e. The maximum atomic E-state index is 13.1. The molecule has 29 heavy (non-hydrogen) atoms. The highest BCUT2D eigenvalue weighted by atomic mass is 32.1. The van der Waals surface area contributed by atoms with Gasteiger partial charge >= 0.3 is 0 Å². The summed E-state index contributed by atoms with van der Waals surface area (Å²) in [6, 6.07) is 5.80. The van der Waals surface area contributed by atoms with Crippen molar-refractivity contribution < 1.29 is 9.59 Å². The monoisotopic (exact) mass is 410 g/mol. The zero-order valence-corrected chi connectivity index (χ0v) is 17.3. The number of fused-ring (bicyclic) bond motifs is 3. The average molecular weight is 411 g/mol. The van der Waals surface area contributed by atoms with Crippen molar-refractivity contribution in [3.8, 4) is 0 Å². The van der Waals surface area contributed by atoms with Gasteiger partial charge in [0.05, 0.1) is 12.1 Å². The van der Waals surface area contributed by atoms with Crippen molar-refractivity contribution in [3.05, 3.63) is 45.7 Å². The van der Waals surface area contributed by atoms with Crippen LogP contribution in [0.15, 0.2) is 24.4 Å². The number of aromatic nitrogens is 2. The number of nitrogens with one attached hydrogen (secondary N) is 1. The lowest BCUT2D eigenvalue weighted by atomic mass is 9.92. The first-order valence-electron chi connectivity index (χ1n) is 10.6. The zero-order valence-electron chi connectivity index (χ0n) is 16.5. The topological polar surface area (TPSA) is 75.2 Å². The molecule has 2 bridgehead atoms. The third-order valence-electron chi connectivity index (χ3n) is 6.55. The molecule has 1 N–H and O–H groups in total. The molecule has 3 aliphatic rings. The maximum absolute atomic E-state index is 13.1. The summed E-state index contributed by atoms with van der Waals surface area (Å²) in [5.41, 5.74) is 1.93. The van der Waals surface area contributed by atoms with Crippen LogP contribution < -0.4 is 5.32 Å². The van der Waals surface area contributed by atoms with Gasteiger partial charge in [-0.3, -0.25) is 14.6 Å². The van der Waals surface area contributed by atoms with Crippen LogP contribution in [0.5, 0.6) is 0 Å². The van der Waals surface area contributed by atoms with E-state index < -0.39 is 0 Å². The van der Waals surface area contributed by atoms with E-state index in [9.17, 15) is 9.59 Å². The lowest BCUT2D eigenvalue weighted by Crippen LogP contribution is -2.54. The Morgan fingerprint density at radius 2 is 1.93 bits per heavy atom. The second kappa shape index (κ2) is 7.86. The van der Waals surface area contributed by atoms with Crippen LogP contribution in [0.4, 0.5) is 0 Å². The molecular formula is C22H26N4O2S. The Morgan fingerprint density at radius 3 is 2.66 bits per heavy atom. The van der Waals surface area contributed by atoms with E-state index in [1.807, 2.05) is 23.1 Å². The van der Waals surface area contributed by atoms with Crippen molar-refractivity contribution in [1.82, 2.24) is 20.2 Å². The number of rotatable bonds is 4. The van der Waals surface area contributed by atoms with Crippen LogP contribution in [-0.4, -0.2) is 45.8 Å². The predicted octanol–water partition coefficient (Wildman–Crippen LogP) is 2.63. The van der Waals surface area contributed by atoms with Gasteiger partial charge in [0, 0.05) is 35.9 Å². The van der Waals surface area contributed by atoms with E-state index in [4.69, 9.17) is 0 Å². The Morgan fingerprint density at radius 1 is 1.14 bits per heavy atom. The van der Waals surface area contributed by atoms with Crippen molar-refractivity contribution in [2.75, 3.05) is 13.1 Å². The molecule has 2 fully saturated rings. The number of thiazole rings is 1. The number of pyridine rings is 1. The molecule has 152 valence electrons. The summed E-state index contributed by atoms with van der Waals surface area (Å²) in [6.45, 7) is 1.43. The molecule has 2 amide bonds. The van der Waals surface area contributed by atoms with Crippen molar-refractivity contribution in [1.29, 1.82) is 0 Å². The first-order valence-corrected chi connectivity index (χ1v) is 11.5. The van der Waals surface area contributed by atoms with Crippen molar-refractivity contribution >= 4 is 23.2 Å². The molecule has 1 saturated carbocycles. The van der Waals surface area contributed by atoms with Crippen LogP contribution >= 0.6 is 11.3 Å². The van der Waals surface area contributed by atoms with Crippen molar-refractivity contribution in [2.24, 2.45) is 11.8 Å². The normalized spacial score (nSPS) is 25.5. The summed E-state index contributed by atoms with van der Waals surface area (Å²) < 4.78 is 0. The number of hydrogen-bond acceptors (Lipinski definition) is 5. The average Bonchev–Trinajstić information content (AvgIpc) is 3.25. The molecule has 3 atom stereocenters. The second-order valence-electron chi connectivity index (χ2n) is 8.49. The first kappa shape index (κ1) is 18.7. The molecule has 5 rings (SSSR count). The summed E-state index contributed by atoms with van der Waals surface area (Å²) in [5, 5.41) is 3.90. The van der Waals surface area contributed by atoms with Gasteiger partial charge in [-0.1, -0.05) is 6.07 Å². The van der Waals surface area contributed by atoms with Gasteiger partial charge in [-0.25, -0.2) is 4.98 Å². The summed E-state index contributed by atoms with van der Waals surface area (Å²) >= 11 is 1.59. The number of hydrogen-bond donors (Lipinski definition) is 1. The molecule has 1 unspecified atom stereocenters. The second-order valence-corrected chi connectivity index (χ2v) is 9.58. The molecule has 7 heteroatoms. The van der Waals surface area contributed by atoms with Crippen LogP contribution in [-0.2, 0) is 24.1 Å². The molecule has 0 radical (unpaired) electrons. The van der Waals surface area contributed by atoms with Gasteiger partial charge < -0.3 is 10.2 Å². The van der Waals surface area contributed by atoms with Gasteiger partial charge in [0.2, 0.25) is 5.91 Å². The maximum Gasteiger partial charge on any atom is 0.282 e. The summed E-state index contributed by atoms with van der Waals surface area (Å²) in [5.74, 6) is 0.775. The molecule has 0 spiro atoms. The SMILES string of the molecule is O=C(Cc1ccccn1)NC1[C@@H]2CC[C@H]1CN(C(=O)c1nc3c(s1)CCCC3)C2. The first-order chi connectivity index (χ1) is 14.2. The summed E-state index contributed by atoms with van der Waals surface area (Å²) in [7, 11) is 0. The van der Waals surface area contributed by atoms with E-state index in [0.717, 1.165) is 37.1 Å². The van der Waals surface area contributed by atoms with Gasteiger partial charge in [0.25, 0.3) is 5.91 Å². The van der Waals surface area contributed by atoms with Crippen LogP contribution in [0.1, 0.15) is 51.8 Å². The predicted molar refractivity (Wildman–Crippen MR) is 111 cm³/mol. The van der Waals surface area contributed by atoms with E-state index in [1.165, 1.54) is 17.7 Å². The highest BCUT2D eigenvalue weighted by molar-refractivity contribution is 7.13. The van der Waals surface area contributed by atoms with Gasteiger partial charge in [-0.15, -0.1) is 11.3 Å². The molecule has 2 aromatic rings. The Hall–Kier alpha value is -2.28. The van der Waals surface area contributed by atoms with Crippen LogP contribution in [0, 0.1) is 11.8 Å². The lowest BCUT2D eigenvalue weighted by Gasteiger charge is -2.38. The van der Waals surface area contributed by atoms with Gasteiger partial charge in [0.15, 0.2) is 5.01 Å². The van der Waals surface area contributed by atoms with E-state index in [0.29, 0.717) is 36.4 Å². The van der Waals surface area contributed by atoms with E-state index in [-0.39, 0.29) is 17.9 Å². The third-order valence-corrected chi connectivity index (χ3v) is 7.69. The standard InChI is InChI=1S/C22H26N4O2S/c27-19(11-16-5-3-4-10-23-16)25-20-14-8-9-15(20)13-26(12-14)22(28)21-24-17-6-1-2-7-18(17)29-21/h3-5,10,14-15,20H,1-2,6-9,11-13H2,(H,25,27)/t14-,15+,20?. The Labute approximate surface area is 174 Å². The highest BCUT2D eigenvalue weighted by Gasteiger charge is 2.44. The number of piperidine rings is 1. The fourth-order valence-corrected chi connectivity index (χ4v) is 6.22. The minimum Gasteiger partial charge on any atom is -0.352 e. The summed E-state index contributed by atoms with van der Waals surface area (Å²) in [4.78, 5) is 37.8. The highest BCUT2D eigenvalue weighted by Crippen LogP contribution is 2.38. The fraction of sp³-hybridized carbons (Fsp3) is 0.545. The molecule has 0 aromatic carbocycles. The number of aryl methyl sites for hydroxylation is 2. The van der Waals surface area contributed by atoms with Crippen LogP contribution in [0.25, 0.3) is 0 Å². The van der Waals surface area contributed by atoms with E-state index in [2.05, 4.69) is 15.3 Å². The molecule has 2 aliphatic carbocycles. The van der Waals surface area contributed by atoms with E-state index >= 15 is 0 Å². The Balaban J connectivity index is 1.22. The quantitative estimate of drug-likeness (QED) is 0.841. The summed E-state index contributed by atoms with van der Waals surface area (Å²) in [6.07, 6.45) is 8.62. The molecule has 3 heterocycles. The van der Waals surface area contributed by atoms with Crippen LogP contribution in [0.2, 0.25) is 0 Å². The van der Waals surface area contributed by atoms with Crippen molar-refractivity contribution in [2.45, 2.75) is 51.0 Å². The minimum atomic E-state index is 0.0259. The van der Waals surface area contributed by atoms with Crippen LogP contribution in [0.3, 0.4) is 0 Å². The largest absolute Gasteiger partial charge is 0.352 e. The number of carbonyl (C=O) groups excluding carboxylic acids is 2. The lowest BCUT2D eigenvalue weighted by molar-refractivity contribution is -0.122. The Bertz CT molecular complexity index is 875. The fourth-order valence-electron chi connectivity index (χ4n) is 5.11. The Kier molecular flexibility index (Phi) is 5.08. The number of carbonyl (C=O) groups is 2. The molecule has 6 nitrogen and oxygen atoms in total. The van der Waals surface area contributed by atoms with Gasteiger partial charge in [-0.2, -0.15) is 0 Å². The minimum absolute atomic E-state index is 0.0259. The molecule has 1 aliphatic heterocycles. The van der Waals surface area contributed by atoms with E-state index in [1.54, 1.807) is 17.5 Å². The molecule has 2 aromatic heterocycles. The number of likely N-dealkylation sites (tertiary alicyclic amines) is 1. The zero-order chi connectivity index (χ0) is 19.8. The third kappa shape index (κ3) is 3.80. The number of amides is 2. The number of nitrogens with zero attached hydrogens (tertiary/aromatic N) is 3.